The summed E-state index contributed by atoms with van der Waals surface area (Å²) in [5.74, 6) is -1.04. The van der Waals surface area contributed by atoms with Gasteiger partial charge in [-0.2, -0.15) is 0 Å². The van der Waals surface area contributed by atoms with Gasteiger partial charge >= 0.3 is 5.97 Å². The fourth-order valence-corrected chi connectivity index (χ4v) is 1.26. The van der Waals surface area contributed by atoms with Crippen LogP contribution in [0.1, 0.15) is 6.92 Å². The summed E-state index contributed by atoms with van der Waals surface area (Å²) in [4.78, 5) is 11.1. The third-order valence-corrected chi connectivity index (χ3v) is 2.17. The highest BCUT2D eigenvalue weighted by Crippen LogP contribution is 2.22. The van der Waals surface area contributed by atoms with E-state index in [1.807, 2.05) is 0 Å². The Morgan fingerprint density at radius 2 is 2.27 bits per heavy atom. The third kappa shape index (κ3) is 2.83. The molecule has 0 saturated heterocycles. The Morgan fingerprint density at radius 3 is 2.87 bits per heavy atom. The Bertz CT molecular complexity index is 370. The molecule has 5 heteroatoms. The minimum atomic E-state index is -0.622. The maximum Gasteiger partial charge on any atom is 0.327 e. The summed E-state index contributed by atoms with van der Waals surface area (Å²) in [7, 11) is 1.27. The number of methoxy groups -OCH3 is 1. The third-order valence-electron chi connectivity index (χ3n) is 1.88. The Hall–Kier alpha value is -1.29. The molecule has 0 amide bonds. The van der Waals surface area contributed by atoms with E-state index in [0.29, 0.717) is 0 Å². The number of ether oxygens (including phenoxy) is 1. The van der Waals surface area contributed by atoms with Gasteiger partial charge in [-0.1, -0.05) is 17.7 Å². The zero-order valence-corrected chi connectivity index (χ0v) is 9.14. The Balaban J connectivity index is 2.81. The molecule has 0 aliphatic carbocycles. The molecule has 0 radical (unpaired) electrons. The van der Waals surface area contributed by atoms with Crippen LogP contribution in [0.5, 0.6) is 0 Å². The second-order valence-corrected chi connectivity index (χ2v) is 3.40. The van der Waals surface area contributed by atoms with Crippen LogP contribution in [0.2, 0.25) is 5.02 Å². The van der Waals surface area contributed by atoms with Crippen molar-refractivity contribution in [2.24, 2.45) is 0 Å². The van der Waals surface area contributed by atoms with Gasteiger partial charge in [0.25, 0.3) is 0 Å². The molecule has 0 bridgehead atoms. The van der Waals surface area contributed by atoms with Gasteiger partial charge in [-0.3, -0.25) is 0 Å². The summed E-state index contributed by atoms with van der Waals surface area (Å²) in [5.41, 5.74) is 0.181. The Labute approximate surface area is 92.2 Å². The van der Waals surface area contributed by atoms with Gasteiger partial charge in [0, 0.05) is 0 Å². The molecular weight excluding hydrogens is 221 g/mol. The van der Waals surface area contributed by atoms with Gasteiger partial charge in [0.15, 0.2) is 5.82 Å². The first kappa shape index (κ1) is 11.8. The van der Waals surface area contributed by atoms with Crippen LogP contribution in [-0.4, -0.2) is 19.1 Å². The van der Waals surface area contributed by atoms with Gasteiger partial charge in [-0.15, -0.1) is 0 Å². The average Bonchev–Trinajstić information content (AvgIpc) is 2.23. The van der Waals surface area contributed by atoms with Crippen molar-refractivity contribution in [2.75, 3.05) is 12.4 Å². The number of nitrogens with one attached hydrogen (secondary N) is 1. The van der Waals surface area contributed by atoms with Gasteiger partial charge in [0.05, 0.1) is 17.8 Å². The lowest BCUT2D eigenvalue weighted by molar-refractivity contribution is -0.141. The SMILES string of the molecule is COC(=O)C(C)Nc1cccc(Cl)c1F. The van der Waals surface area contributed by atoms with Crippen LogP contribution in [-0.2, 0) is 9.53 Å². The van der Waals surface area contributed by atoms with Gasteiger partial charge in [0.1, 0.15) is 6.04 Å². The van der Waals surface area contributed by atoms with Crippen LogP contribution in [0.3, 0.4) is 0 Å². The number of esters is 1. The summed E-state index contributed by atoms with van der Waals surface area (Å²) in [5, 5.41) is 2.68. The van der Waals surface area contributed by atoms with Crippen LogP contribution < -0.4 is 5.32 Å². The van der Waals surface area contributed by atoms with E-state index in [9.17, 15) is 9.18 Å². The van der Waals surface area contributed by atoms with Crippen molar-refractivity contribution in [3.63, 3.8) is 0 Å². The van der Waals surface area contributed by atoms with Crippen LogP contribution in [0.15, 0.2) is 18.2 Å². The van der Waals surface area contributed by atoms with E-state index in [4.69, 9.17) is 11.6 Å². The molecule has 82 valence electrons. The molecule has 1 atom stereocenters. The van der Waals surface area contributed by atoms with Gasteiger partial charge in [0.2, 0.25) is 0 Å². The maximum atomic E-state index is 13.4. The van der Waals surface area contributed by atoms with E-state index in [0.717, 1.165) is 0 Å². The zero-order chi connectivity index (χ0) is 11.4. The average molecular weight is 232 g/mol. The normalized spacial score (nSPS) is 12.0. The van der Waals surface area contributed by atoms with Crippen molar-refractivity contribution in [1.29, 1.82) is 0 Å². The monoisotopic (exact) mass is 231 g/mol. The molecular formula is C10H11ClFNO2. The highest BCUT2D eigenvalue weighted by molar-refractivity contribution is 6.31. The lowest BCUT2D eigenvalue weighted by Gasteiger charge is -2.13. The Morgan fingerprint density at radius 1 is 1.60 bits per heavy atom. The standard InChI is InChI=1S/C10H11ClFNO2/c1-6(10(14)15-2)13-8-5-3-4-7(11)9(8)12/h3-6,13H,1-2H3. The molecule has 1 rings (SSSR count). The molecule has 1 aromatic carbocycles. The van der Waals surface area contributed by atoms with Gasteiger partial charge in [-0.05, 0) is 19.1 Å². The molecule has 0 saturated carbocycles. The summed E-state index contributed by atoms with van der Waals surface area (Å²) in [6, 6.07) is 3.91. The number of hydrogen-bond acceptors (Lipinski definition) is 3. The number of rotatable bonds is 3. The van der Waals surface area contributed by atoms with Gasteiger partial charge < -0.3 is 10.1 Å². The number of carbonyl (C=O) groups excluding carboxylic acids is 1. The van der Waals surface area contributed by atoms with E-state index in [1.165, 1.54) is 19.2 Å². The summed E-state index contributed by atoms with van der Waals surface area (Å²) in [6.07, 6.45) is 0. The van der Waals surface area contributed by atoms with Gasteiger partial charge in [-0.25, -0.2) is 9.18 Å². The summed E-state index contributed by atoms with van der Waals surface area (Å²) < 4.78 is 17.9. The van der Waals surface area contributed by atoms with Crippen LogP contribution in [0.25, 0.3) is 0 Å². The largest absolute Gasteiger partial charge is 0.467 e. The van der Waals surface area contributed by atoms with Crippen molar-refractivity contribution in [2.45, 2.75) is 13.0 Å². The number of hydrogen-bond donors (Lipinski definition) is 1. The Kier molecular flexibility index (Phi) is 3.91. The number of benzene rings is 1. The van der Waals surface area contributed by atoms with E-state index in [2.05, 4.69) is 10.1 Å². The van der Waals surface area contributed by atoms with Crippen LogP contribution in [0.4, 0.5) is 10.1 Å². The van der Waals surface area contributed by atoms with E-state index < -0.39 is 17.8 Å². The predicted octanol–water partition coefficient (Wildman–Crippen LogP) is 2.45. The topological polar surface area (TPSA) is 38.3 Å². The molecule has 1 N–H and O–H groups in total. The molecule has 1 unspecified atom stereocenters. The highest BCUT2D eigenvalue weighted by Gasteiger charge is 2.15. The zero-order valence-electron chi connectivity index (χ0n) is 8.38. The smallest absolute Gasteiger partial charge is 0.327 e. The predicted molar refractivity (Wildman–Crippen MR) is 56.5 cm³/mol. The first-order valence-electron chi connectivity index (χ1n) is 4.34. The molecule has 0 aliphatic heterocycles. The molecule has 0 fully saturated rings. The maximum absolute atomic E-state index is 13.4. The minimum absolute atomic E-state index is 0.0112. The van der Waals surface area contributed by atoms with E-state index >= 15 is 0 Å². The lowest BCUT2D eigenvalue weighted by atomic mass is 10.2. The van der Waals surface area contributed by atoms with Crippen molar-refractivity contribution in [1.82, 2.24) is 0 Å². The van der Waals surface area contributed by atoms with Crippen molar-refractivity contribution in [3.8, 4) is 0 Å². The lowest BCUT2D eigenvalue weighted by Crippen LogP contribution is -2.27. The fourth-order valence-electron chi connectivity index (χ4n) is 1.08. The van der Waals surface area contributed by atoms with Crippen molar-refractivity contribution < 1.29 is 13.9 Å². The van der Waals surface area contributed by atoms with Crippen LogP contribution >= 0.6 is 11.6 Å². The molecule has 3 nitrogen and oxygen atoms in total. The second-order valence-electron chi connectivity index (χ2n) is 2.99. The highest BCUT2D eigenvalue weighted by atomic mass is 35.5. The summed E-state index contributed by atoms with van der Waals surface area (Å²) >= 11 is 5.58. The first-order chi connectivity index (χ1) is 7.06. The second kappa shape index (κ2) is 4.98. The molecule has 0 aliphatic rings. The molecule has 1 aromatic rings. The molecule has 0 aromatic heterocycles. The number of carbonyl (C=O) groups is 1. The van der Waals surface area contributed by atoms with E-state index in [1.54, 1.807) is 13.0 Å². The minimum Gasteiger partial charge on any atom is -0.467 e. The summed E-state index contributed by atoms with van der Waals surface area (Å²) in [6.45, 7) is 1.58. The van der Waals surface area contributed by atoms with E-state index in [-0.39, 0.29) is 10.7 Å². The number of anilines is 1. The first-order valence-corrected chi connectivity index (χ1v) is 4.72. The molecule has 0 heterocycles. The quantitative estimate of drug-likeness (QED) is 0.813. The van der Waals surface area contributed by atoms with Crippen molar-refractivity contribution in [3.05, 3.63) is 29.0 Å². The number of halogens is 2. The van der Waals surface area contributed by atoms with Crippen LogP contribution in [0, 0.1) is 5.82 Å². The molecule has 15 heavy (non-hydrogen) atoms. The fraction of sp³-hybridized carbons (Fsp3) is 0.300. The van der Waals surface area contributed by atoms with Crippen molar-refractivity contribution >= 4 is 23.3 Å². The molecule has 0 spiro atoms.